The van der Waals surface area contributed by atoms with Crippen LogP contribution in [0.5, 0.6) is 0 Å². The van der Waals surface area contributed by atoms with E-state index in [2.05, 4.69) is 35.4 Å². The van der Waals surface area contributed by atoms with E-state index in [0.29, 0.717) is 16.7 Å². The molecule has 1 aliphatic carbocycles. The Morgan fingerprint density at radius 1 is 1.41 bits per heavy atom. The Balaban J connectivity index is 1.19. The smallest absolute Gasteiger partial charge is 0.352 e. The van der Waals surface area contributed by atoms with E-state index < -0.39 is 11.9 Å². The number of aromatic nitrogens is 6. The van der Waals surface area contributed by atoms with Gasteiger partial charge in [0.25, 0.3) is 5.91 Å². The van der Waals surface area contributed by atoms with Crippen molar-refractivity contribution in [2.24, 2.45) is 11.1 Å². The second-order valence-electron chi connectivity index (χ2n) is 7.91. The van der Waals surface area contributed by atoms with E-state index in [1.165, 1.54) is 39.2 Å². The molecule has 3 aliphatic rings. The van der Waals surface area contributed by atoms with Crippen LogP contribution >= 0.6 is 35.1 Å². The fourth-order valence-corrected chi connectivity index (χ4v) is 6.58. The van der Waals surface area contributed by atoms with E-state index in [4.69, 9.17) is 10.6 Å². The SMILES string of the molecule is Nc1nc(/C(=N\OC2C=CCC2)C(=O)NCn2nnnc2SCC2C(=O)N3C(C(=O)O)=CCSC23)ns1. The highest BCUT2D eigenvalue weighted by Gasteiger charge is 2.51. The summed E-state index contributed by atoms with van der Waals surface area (Å²) >= 11 is 3.67. The van der Waals surface area contributed by atoms with Crippen molar-refractivity contribution in [2.45, 2.75) is 36.1 Å². The monoisotopic (exact) mass is 564 g/mol. The molecule has 4 N–H and O–H groups in total. The fourth-order valence-electron chi connectivity index (χ4n) is 3.76. The minimum absolute atomic E-state index is 0.0179. The Morgan fingerprint density at radius 2 is 2.27 bits per heavy atom. The number of nitrogens with one attached hydrogen (secondary N) is 1. The van der Waals surface area contributed by atoms with Crippen LogP contribution in [0.25, 0.3) is 0 Å². The third-order valence-electron chi connectivity index (χ3n) is 5.57. The molecule has 2 aromatic heterocycles. The Morgan fingerprint density at radius 3 is 3.00 bits per heavy atom. The number of nitrogens with zero attached hydrogens (tertiary/aromatic N) is 8. The number of nitrogens with two attached hydrogens (primary N) is 1. The first-order valence-corrected chi connectivity index (χ1v) is 13.8. The number of aliphatic carboxylic acids is 1. The molecule has 1 saturated heterocycles. The van der Waals surface area contributed by atoms with Gasteiger partial charge in [0.2, 0.25) is 22.6 Å². The van der Waals surface area contributed by atoms with Crippen LogP contribution in [0.4, 0.5) is 5.13 Å². The number of anilines is 1. The average molecular weight is 565 g/mol. The standard InChI is InChI=1S/C19H20N10O5S3/c20-18-22-13(25-37-18)12(24-34-9-3-1-2-4-9)14(30)21-8-28-19(23-26-27-28)36-7-10-15(31)29-11(17(32)33)5-6-35-16(10)29/h1,3,5,9-10,16H,2,4,6-8H2,(H,21,30)(H,32,33)(H2,20,22,25)/b24-12+. The highest BCUT2D eigenvalue weighted by Crippen LogP contribution is 2.43. The van der Waals surface area contributed by atoms with E-state index in [1.807, 2.05) is 12.2 Å². The molecule has 2 aliphatic heterocycles. The summed E-state index contributed by atoms with van der Waals surface area (Å²) in [6.07, 6.45) is 6.75. The van der Waals surface area contributed by atoms with Crippen LogP contribution < -0.4 is 11.1 Å². The fraction of sp³-hybridized carbons (Fsp3) is 0.421. The molecule has 194 valence electrons. The average Bonchev–Trinajstić information content (AvgIpc) is 3.65. The number of allylic oxidation sites excluding steroid dienone is 1. The summed E-state index contributed by atoms with van der Waals surface area (Å²) in [5.74, 6) is -1.44. The number of oxime groups is 1. The highest BCUT2D eigenvalue weighted by molar-refractivity contribution is 8.00. The Kier molecular flexibility index (Phi) is 7.38. The van der Waals surface area contributed by atoms with Crippen LogP contribution in [-0.2, 0) is 25.9 Å². The van der Waals surface area contributed by atoms with Gasteiger partial charge in [0.1, 0.15) is 18.5 Å². The van der Waals surface area contributed by atoms with E-state index in [1.54, 1.807) is 0 Å². The second kappa shape index (κ2) is 10.9. The number of thioether (sulfide) groups is 2. The van der Waals surface area contributed by atoms with Gasteiger partial charge in [-0.2, -0.15) is 9.36 Å². The molecule has 18 heteroatoms. The number of carbonyl (C=O) groups is 3. The normalized spacial score (nSPS) is 22.9. The maximum absolute atomic E-state index is 12.9. The van der Waals surface area contributed by atoms with Gasteiger partial charge >= 0.3 is 5.97 Å². The van der Waals surface area contributed by atoms with Gasteiger partial charge in [-0.15, -0.1) is 16.9 Å². The molecule has 2 aromatic rings. The van der Waals surface area contributed by atoms with E-state index in [9.17, 15) is 19.5 Å². The topological polar surface area (TPSA) is 204 Å². The number of carbonyl (C=O) groups excluding carboxylic acids is 2. The molecule has 3 unspecified atom stereocenters. The van der Waals surface area contributed by atoms with Gasteiger partial charge in [-0.05, 0) is 35.4 Å². The Hall–Kier alpha value is -3.51. The maximum atomic E-state index is 12.9. The predicted octanol–water partition coefficient (Wildman–Crippen LogP) is -0.0881. The van der Waals surface area contributed by atoms with Gasteiger partial charge in [0.05, 0.1) is 11.3 Å². The van der Waals surface area contributed by atoms with Crippen molar-refractivity contribution < 1.29 is 24.3 Å². The van der Waals surface area contributed by atoms with Crippen LogP contribution in [0, 0.1) is 5.92 Å². The lowest BCUT2D eigenvalue weighted by molar-refractivity contribution is -0.151. The summed E-state index contributed by atoms with van der Waals surface area (Å²) in [5.41, 5.74) is 5.55. The number of carboxylic acids is 1. The number of tetrazole rings is 1. The molecule has 4 heterocycles. The van der Waals surface area contributed by atoms with Crippen LogP contribution in [0.3, 0.4) is 0 Å². The van der Waals surface area contributed by atoms with Gasteiger partial charge in [-0.3, -0.25) is 14.5 Å². The van der Waals surface area contributed by atoms with E-state index in [-0.39, 0.29) is 52.3 Å². The number of fused-ring (bicyclic) bond motifs is 1. The lowest BCUT2D eigenvalue weighted by atomic mass is 9.99. The van der Waals surface area contributed by atoms with Crippen molar-refractivity contribution >= 4 is 63.7 Å². The first kappa shape index (κ1) is 25.2. The van der Waals surface area contributed by atoms with Crippen molar-refractivity contribution in [1.29, 1.82) is 0 Å². The first-order valence-electron chi connectivity index (χ1n) is 11.0. The number of carboxylic acid groups (broad SMARTS) is 1. The third-order valence-corrected chi connectivity index (χ3v) is 8.43. The largest absolute Gasteiger partial charge is 0.477 e. The molecular weight excluding hydrogens is 544 g/mol. The summed E-state index contributed by atoms with van der Waals surface area (Å²) in [7, 11) is 0. The molecule has 15 nitrogen and oxygen atoms in total. The Labute approximate surface area is 221 Å². The predicted molar refractivity (Wildman–Crippen MR) is 133 cm³/mol. The lowest BCUT2D eigenvalue weighted by Crippen LogP contribution is -2.61. The van der Waals surface area contributed by atoms with Crippen molar-refractivity contribution in [3.05, 3.63) is 29.7 Å². The molecule has 0 saturated carbocycles. The summed E-state index contributed by atoms with van der Waals surface area (Å²) < 4.78 is 5.41. The summed E-state index contributed by atoms with van der Waals surface area (Å²) in [4.78, 5) is 47.7. The molecule has 2 amide bonds. The molecule has 3 atom stereocenters. The highest BCUT2D eigenvalue weighted by atomic mass is 32.2. The minimum Gasteiger partial charge on any atom is -0.477 e. The van der Waals surface area contributed by atoms with Crippen LogP contribution in [0.15, 0.2) is 34.2 Å². The summed E-state index contributed by atoms with van der Waals surface area (Å²) in [6, 6.07) is 0. The summed E-state index contributed by atoms with van der Waals surface area (Å²) in [5, 5.41) is 27.8. The quantitative estimate of drug-likeness (QED) is 0.114. The van der Waals surface area contributed by atoms with Crippen LogP contribution in [-0.4, -0.2) is 86.1 Å². The number of hydrogen-bond acceptors (Lipinski definition) is 14. The van der Waals surface area contributed by atoms with E-state index in [0.717, 1.165) is 24.4 Å². The maximum Gasteiger partial charge on any atom is 0.352 e. The molecule has 0 bridgehead atoms. The minimum atomic E-state index is -1.12. The van der Waals surface area contributed by atoms with Crippen molar-refractivity contribution in [2.75, 3.05) is 17.2 Å². The Bertz CT molecular complexity index is 1310. The molecular formula is C19H20N10O5S3. The molecule has 37 heavy (non-hydrogen) atoms. The zero-order chi connectivity index (χ0) is 25.9. The second-order valence-corrected chi connectivity index (χ2v) is 10.8. The number of amides is 2. The van der Waals surface area contributed by atoms with Gasteiger partial charge in [0, 0.05) is 23.0 Å². The van der Waals surface area contributed by atoms with Crippen molar-refractivity contribution in [3.63, 3.8) is 0 Å². The number of nitrogen functional groups attached to an aromatic ring is 1. The van der Waals surface area contributed by atoms with E-state index >= 15 is 0 Å². The number of hydrogen-bond donors (Lipinski definition) is 3. The van der Waals surface area contributed by atoms with Gasteiger partial charge in [-0.1, -0.05) is 23.0 Å². The lowest BCUT2D eigenvalue weighted by Gasteiger charge is -2.48. The zero-order valence-corrected chi connectivity index (χ0v) is 21.4. The van der Waals surface area contributed by atoms with Crippen molar-refractivity contribution in [3.8, 4) is 0 Å². The van der Waals surface area contributed by atoms with Crippen LogP contribution in [0.2, 0.25) is 0 Å². The van der Waals surface area contributed by atoms with Crippen LogP contribution in [0.1, 0.15) is 18.7 Å². The zero-order valence-electron chi connectivity index (χ0n) is 19.0. The first-order chi connectivity index (χ1) is 17.9. The third kappa shape index (κ3) is 5.30. The van der Waals surface area contributed by atoms with Gasteiger partial charge < -0.3 is 21.0 Å². The molecule has 1 fully saturated rings. The molecule has 5 rings (SSSR count). The molecule has 0 aromatic carbocycles. The van der Waals surface area contributed by atoms with Gasteiger partial charge in [0.15, 0.2) is 5.13 Å². The number of β-lactam (4-membered cyclic amide) rings is 1. The van der Waals surface area contributed by atoms with Gasteiger partial charge in [-0.25, -0.2) is 9.48 Å². The van der Waals surface area contributed by atoms with Crippen molar-refractivity contribution in [1.82, 2.24) is 39.8 Å². The molecule has 0 radical (unpaired) electrons. The molecule has 0 spiro atoms. The number of rotatable bonds is 10. The summed E-state index contributed by atoms with van der Waals surface area (Å²) in [6.45, 7) is -0.0923.